The average molecular weight is 261 g/mol. The summed E-state index contributed by atoms with van der Waals surface area (Å²) in [6, 6.07) is 11.8. The van der Waals surface area contributed by atoms with Crippen LogP contribution in [0, 0.1) is 13.8 Å². The van der Waals surface area contributed by atoms with Crippen LogP contribution in [0.15, 0.2) is 52.3 Å². The Morgan fingerprint density at radius 1 is 0.944 bits per heavy atom. The van der Waals surface area contributed by atoms with Crippen LogP contribution in [0.1, 0.15) is 11.1 Å². The van der Waals surface area contributed by atoms with E-state index in [0.717, 1.165) is 11.1 Å². The van der Waals surface area contributed by atoms with Crippen LogP contribution in [0.5, 0.6) is 0 Å². The quantitative estimate of drug-likeness (QED) is 0.845. The molecule has 0 fully saturated rings. The van der Waals surface area contributed by atoms with E-state index in [1.54, 1.807) is 37.3 Å². The van der Waals surface area contributed by atoms with Gasteiger partial charge in [0.1, 0.15) is 0 Å². The van der Waals surface area contributed by atoms with Crippen molar-refractivity contribution in [3.8, 4) is 0 Å². The third-order valence-electron chi connectivity index (χ3n) is 2.83. The first-order valence-electron chi connectivity index (χ1n) is 5.60. The van der Waals surface area contributed by atoms with E-state index >= 15 is 0 Å². The standard InChI is InChI=1S/C14H15NO2S/c1-10-7-8-13(11(2)9-10)18(16,17)14-6-4-3-5-12(14)15/h3-9H,15H2,1-2H3. The van der Waals surface area contributed by atoms with Crippen molar-refractivity contribution in [1.82, 2.24) is 0 Å². The second kappa shape index (κ2) is 4.46. The molecule has 18 heavy (non-hydrogen) atoms. The highest BCUT2D eigenvalue weighted by atomic mass is 32.2. The molecule has 2 rings (SSSR count). The van der Waals surface area contributed by atoms with Crippen molar-refractivity contribution in [3.63, 3.8) is 0 Å². The lowest BCUT2D eigenvalue weighted by atomic mass is 10.2. The monoisotopic (exact) mass is 261 g/mol. The molecule has 0 saturated heterocycles. The molecule has 2 aromatic rings. The van der Waals surface area contributed by atoms with Gasteiger partial charge in [-0.2, -0.15) is 0 Å². The van der Waals surface area contributed by atoms with Crippen molar-refractivity contribution in [2.45, 2.75) is 23.6 Å². The first kappa shape index (κ1) is 12.6. The average Bonchev–Trinajstić information content (AvgIpc) is 2.28. The van der Waals surface area contributed by atoms with Crippen LogP contribution < -0.4 is 5.73 Å². The zero-order valence-electron chi connectivity index (χ0n) is 10.3. The topological polar surface area (TPSA) is 60.2 Å². The Balaban J connectivity index is 2.66. The lowest BCUT2D eigenvalue weighted by molar-refractivity contribution is 0.596. The fourth-order valence-corrected chi connectivity index (χ4v) is 3.55. The summed E-state index contributed by atoms with van der Waals surface area (Å²) in [5, 5.41) is 0. The molecule has 0 saturated carbocycles. The fourth-order valence-electron chi connectivity index (χ4n) is 1.94. The smallest absolute Gasteiger partial charge is 0.208 e. The van der Waals surface area contributed by atoms with E-state index in [9.17, 15) is 8.42 Å². The van der Waals surface area contributed by atoms with Gasteiger partial charge in [-0.05, 0) is 37.6 Å². The predicted molar refractivity (Wildman–Crippen MR) is 72.2 cm³/mol. The molecule has 0 spiro atoms. The summed E-state index contributed by atoms with van der Waals surface area (Å²) in [6.07, 6.45) is 0. The van der Waals surface area contributed by atoms with Gasteiger partial charge in [0.25, 0.3) is 0 Å². The first-order valence-corrected chi connectivity index (χ1v) is 7.08. The second-order valence-corrected chi connectivity index (χ2v) is 6.20. The molecule has 94 valence electrons. The molecule has 2 N–H and O–H groups in total. The lowest BCUT2D eigenvalue weighted by Gasteiger charge is -2.10. The van der Waals surface area contributed by atoms with Crippen LogP contribution >= 0.6 is 0 Å². The molecule has 0 atom stereocenters. The van der Waals surface area contributed by atoms with E-state index in [1.165, 1.54) is 6.07 Å². The number of nitrogens with two attached hydrogens (primary N) is 1. The highest BCUT2D eigenvalue weighted by Crippen LogP contribution is 2.27. The molecule has 0 radical (unpaired) electrons. The number of rotatable bonds is 2. The minimum absolute atomic E-state index is 0.164. The van der Waals surface area contributed by atoms with E-state index in [4.69, 9.17) is 5.73 Å². The van der Waals surface area contributed by atoms with Crippen molar-refractivity contribution in [1.29, 1.82) is 0 Å². The summed E-state index contributed by atoms with van der Waals surface area (Å²) in [5.41, 5.74) is 7.79. The fraction of sp³-hybridized carbons (Fsp3) is 0.143. The maximum Gasteiger partial charge on any atom is 0.208 e. The third kappa shape index (κ3) is 2.11. The van der Waals surface area contributed by atoms with Crippen LogP contribution in [0.25, 0.3) is 0 Å². The molecule has 2 aromatic carbocycles. The van der Waals surface area contributed by atoms with Gasteiger partial charge in [0, 0.05) is 0 Å². The van der Waals surface area contributed by atoms with Gasteiger partial charge < -0.3 is 5.73 Å². The zero-order valence-corrected chi connectivity index (χ0v) is 11.2. The normalized spacial score (nSPS) is 11.4. The molecule has 0 aliphatic carbocycles. The Hall–Kier alpha value is -1.81. The van der Waals surface area contributed by atoms with Crippen LogP contribution in [0.2, 0.25) is 0 Å². The third-order valence-corrected chi connectivity index (χ3v) is 4.82. The Bertz CT molecular complexity index is 691. The number of sulfone groups is 1. The maximum absolute atomic E-state index is 12.5. The van der Waals surface area contributed by atoms with Crippen molar-refractivity contribution < 1.29 is 8.42 Å². The molecule has 4 heteroatoms. The molecule has 0 aliphatic heterocycles. The number of hydrogen-bond donors (Lipinski definition) is 1. The van der Waals surface area contributed by atoms with E-state index in [1.807, 2.05) is 13.0 Å². The summed E-state index contributed by atoms with van der Waals surface area (Å²) < 4.78 is 25.0. The van der Waals surface area contributed by atoms with E-state index in [0.29, 0.717) is 4.90 Å². The first-order chi connectivity index (χ1) is 8.43. The Labute approximate surface area is 107 Å². The number of aryl methyl sites for hydroxylation is 2. The van der Waals surface area contributed by atoms with Gasteiger partial charge in [-0.3, -0.25) is 0 Å². The summed E-state index contributed by atoms with van der Waals surface area (Å²) >= 11 is 0. The van der Waals surface area contributed by atoms with Crippen molar-refractivity contribution in [3.05, 3.63) is 53.6 Å². The largest absolute Gasteiger partial charge is 0.398 e. The summed E-state index contributed by atoms with van der Waals surface area (Å²) in [7, 11) is -3.54. The molecule has 0 aliphatic rings. The maximum atomic E-state index is 12.5. The van der Waals surface area contributed by atoms with Crippen LogP contribution in [0.4, 0.5) is 5.69 Å². The van der Waals surface area contributed by atoms with E-state index < -0.39 is 9.84 Å². The van der Waals surface area contributed by atoms with Gasteiger partial charge in [0.2, 0.25) is 9.84 Å². The van der Waals surface area contributed by atoms with Crippen molar-refractivity contribution in [2.24, 2.45) is 0 Å². The van der Waals surface area contributed by atoms with Gasteiger partial charge in [0.05, 0.1) is 15.5 Å². The molecule has 0 amide bonds. The van der Waals surface area contributed by atoms with Crippen LogP contribution in [-0.4, -0.2) is 8.42 Å². The van der Waals surface area contributed by atoms with Crippen LogP contribution in [-0.2, 0) is 9.84 Å². The number of nitrogen functional groups attached to an aromatic ring is 1. The molecule has 3 nitrogen and oxygen atoms in total. The van der Waals surface area contributed by atoms with E-state index in [2.05, 4.69) is 0 Å². The van der Waals surface area contributed by atoms with Gasteiger partial charge in [0.15, 0.2) is 0 Å². The van der Waals surface area contributed by atoms with Crippen LogP contribution in [0.3, 0.4) is 0 Å². The second-order valence-electron chi connectivity index (χ2n) is 4.31. The highest BCUT2D eigenvalue weighted by molar-refractivity contribution is 7.91. The molecule has 0 heterocycles. The minimum atomic E-state index is -3.54. The number of hydrogen-bond acceptors (Lipinski definition) is 3. The van der Waals surface area contributed by atoms with Crippen molar-refractivity contribution >= 4 is 15.5 Å². The number of anilines is 1. The zero-order chi connectivity index (χ0) is 13.3. The van der Waals surface area contributed by atoms with Gasteiger partial charge in [-0.25, -0.2) is 8.42 Å². The summed E-state index contributed by atoms with van der Waals surface area (Å²) in [6.45, 7) is 3.72. The minimum Gasteiger partial charge on any atom is -0.398 e. The highest BCUT2D eigenvalue weighted by Gasteiger charge is 2.21. The SMILES string of the molecule is Cc1ccc(S(=O)(=O)c2ccccc2N)c(C)c1. The number of para-hydroxylation sites is 1. The molecule has 0 unspecified atom stereocenters. The molecule has 0 aromatic heterocycles. The Morgan fingerprint density at radius 3 is 2.22 bits per heavy atom. The predicted octanol–water partition coefficient (Wildman–Crippen LogP) is 2.72. The summed E-state index contributed by atoms with van der Waals surface area (Å²) in [4.78, 5) is 0.475. The lowest BCUT2D eigenvalue weighted by Crippen LogP contribution is -2.07. The Kier molecular flexibility index (Phi) is 3.13. The van der Waals surface area contributed by atoms with E-state index in [-0.39, 0.29) is 10.6 Å². The molecule has 0 bridgehead atoms. The molecular formula is C14H15NO2S. The molecular weight excluding hydrogens is 246 g/mol. The summed E-state index contributed by atoms with van der Waals surface area (Å²) in [5.74, 6) is 0. The van der Waals surface area contributed by atoms with Gasteiger partial charge in [-0.15, -0.1) is 0 Å². The number of benzene rings is 2. The Morgan fingerprint density at radius 2 is 1.61 bits per heavy atom. The van der Waals surface area contributed by atoms with Gasteiger partial charge >= 0.3 is 0 Å². The van der Waals surface area contributed by atoms with Crippen molar-refractivity contribution in [2.75, 3.05) is 5.73 Å². The van der Waals surface area contributed by atoms with Gasteiger partial charge in [-0.1, -0.05) is 29.8 Å².